The zero-order chi connectivity index (χ0) is 28.0. The van der Waals surface area contributed by atoms with Crippen molar-refractivity contribution in [2.45, 2.75) is 48.7 Å². The SMILES string of the molecule is CN1CCN(Cc2ccc(CNC(=O)COC(C3CCCCN3)S(=O)(=O)c3c(Cl)cc(Cl)cc3Cl)cc2)CC1. The van der Waals surface area contributed by atoms with E-state index in [2.05, 4.69) is 39.6 Å². The van der Waals surface area contributed by atoms with Crippen LogP contribution in [0.1, 0.15) is 30.4 Å². The maximum Gasteiger partial charge on any atom is 0.246 e. The second-order valence-electron chi connectivity index (χ2n) is 10.2. The minimum absolute atomic E-state index is 0.0857. The van der Waals surface area contributed by atoms with Gasteiger partial charge in [-0.1, -0.05) is 65.5 Å². The molecule has 2 aromatic carbocycles. The number of hydrogen-bond acceptors (Lipinski definition) is 7. The molecule has 8 nitrogen and oxygen atoms in total. The van der Waals surface area contributed by atoms with Crippen molar-refractivity contribution in [1.82, 2.24) is 20.4 Å². The number of likely N-dealkylation sites (N-methyl/N-ethyl adjacent to an activating group) is 1. The van der Waals surface area contributed by atoms with Gasteiger partial charge in [0.15, 0.2) is 5.44 Å². The van der Waals surface area contributed by atoms with Gasteiger partial charge in [0.25, 0.3) is 0 Å². The Kier molecular flexibility index (Phi) is 10.9. The highest BCUT2D eigenvalue weighted by Gasteiger charge is 2.39. The number of carbonyl (C=O) groups excluding carboxylic acids is 1. The third kappa shape index (κ3) is 8.30. The van der Waals surface area contributed by atoms with Gasteiger partial charge in [0.05, 0.1) is 10.0 Å². The number of nitrogens with zero attached hydrogens (tertiary/aromatic N) is 2. The fourth-order valence-electron chi connectivity index (χ4n) is 4.89. The molecule has 214 valence electrons. The molecule has 0 aromatic heterocycles. The summed E-state index contributed by atoms with van der Waals surface area (Å²) in [6, 6.07) is 10.3. The highest BCUT2D eigenvalue weighted by atomic mass is 35.5. The van der Waals surface area contributed by atoms with Crippen molar-refractivity contribution in [3.05, 3.63) is 62.6 Å². The van der Waals surface area contributed by atoms with Gasteiger partial charge in [-0.25, -0.2) is 8.42 Å². The van der Waals surface area contributed by atoms with E-state index in [1.54, 1.807) is 0 Å². The number of nitrogens with one attached hydrogen (secondary N) is 2. The van der Waals surface area contributed by atoms with Crippen LogP contribution in [0.4, 0.5) is 0 Å². The first-order valence-electron chi connectivity index (χ1n) is 13.1. The van der Waals surface area contributed by atoms with Crippen LogP contribution in [-0.4, -0.2) is 82.0 Å². The van der Waals surface area contributed by atoms with Crippen LogP contribution in [0.5, 0.6) is 0 Å². The smallest absolute Gasteiger partial charge is 0.246 e. The molecule has 2 aliphatic heterocycles. The number of benzene rings is 2. The summed E-state index contributed by atoms with van der Waals surface area (Å²) in [5.41, 5.74) is 0.836. The molecule has 0 aliphatic carbocycles. The Bertz CT molecular complexity index is 1210. The lowest BCUT2D eigenvalue weighted by Crippen LogP contribution is -2.49. The molecule has 2 heterocycles. The summed E-state index contributed by atoms with van der Waals surface area (Å²) in [7, 11) is -2.01. The van der Waals surface area contributed by atoms with E-state index in [0.717, 1.165) is 51.1 Å². The van der Waals surface area contributed by atoms with Crippen LogP contribution in [0.3, 0.4) is 0 Å². The zero-order valence-corrected chi connectivity index (χ0v) is 25.1. The third-order valence-corrected chi connectivity index (χ3v) is 10.2. The number of rotatable bonds is 10. The Morgan fingerprint density at radius 2 is 1.69 bits per heavy atom. The molecule has 12 heteroatoms. The van der Waals surface area contributed by atoms with Crippen LogP contribution in [0, 0.1) is 0 Å². The van der Waals surface area contributed by atoms with Gasteiger partial charge in [-0.05, 0) is 49.7 Å². The van der Waals surface area contributed by atoms with Crippen molar-refractivity contribution in [1.29, 1.82) is 0 Å². The molecular formula is C27H35Cl3N4O4S. The molecule has 0 spiro atoms. The topological polar surface area (TPSA) is 91.0 Å². The van der Waals surface area contributed by atoms with Crippen LogP contribution in [0.15, 0.2) is 41.3 Å². The Morgan fingerprint density at radius 3 is 2.31 bits per heavy atom. The van der Waals surface area contributed by atoms with E-state index in [9.17, 15) is 13.2 Å². The highest BCUT2D eigenvalue weighted by Crippen LogP contribution is 2.36. The third-order valence-electron chi connectivity index (χ3n) is 7.12. The van der Waals surface area contributed by atoms with Crippen LogP contribution in [0.25, 0.3) is 0 Å². The summed E-state index contributed by atoms with van der Waals surface area (Å²) in [4.78, 5) is 17.2. The molecule has 0 bridgehead atoms. The number of hydrogen-bond donors (Lipinski definition) is 2. The monoisotopic (exact) mass is 616 g/mol. The van der Waals surface area contributed by atoms with Gasteiger partial charge in [-0.2, -0.15) is 0 Å². The Labute approximate surface area is 245 Å². The maximum atomic E-state index is 13.7. The van der Waals surface area contributed by atoms with E-state index >= 15 is 0 Å². The van der Waals surface area contributed by atoms with Crippen molar-refractivity contribution in [3.8, 4) is 0 Å². The number of piperidine rings is 1. The largest absolute Gasteiger partial charge is 0.350 e. The van der Waals surface area contributed by atoms with Gasteiger partial charge in [0, 0.05) is 50.3 Å². The molecule has 0 saturated carbocycles. The molecule has 2 atom stereocenters. The first-order valence-corrected chi connectivity index (χ1v) is 15.8. The van der Waals surface area contributed by atoms with E-state index < -0.39 is 33.8 Å². The van der Waals surface area contributed by atoms with Gasteiger partial charge in [0.2, 0.25) is 15.7 Å². The molecule has 1 amide bonds. The number of sulfone groups is 1. The average molecular weight is 618 g/mol. The van der Waals surface area contributed by atoms with Crippen LogP contribution >= 0.6 is 34.8 Å². The lowest BCUT2D eigenvalue weighted by Gasteiger charge is -2.32. The van der Waals surface area contributed by atoms with Gasteiger partial charge >= 0.3 is 0 Å². The summed E-state index contributed by atoms with van der Waals surface area (Å²) in [5.74, 6) is -0.416. The van der Waals surface area contributed by atoms with Gasteiger partial charge in [0.1, 0.15) is 11.5 Å². The standard InChI is InChI=1S/C27H35Cl3N4O4S/c1-33-10-12-34(13-11-33)17-20-7-5-19(6-8-20)16-32-25(35)18-38-27(24-4-2-3-9-31-24)39(36,37)26-22(29)14-21(28)15-23(26)30/h5-8,14-15,24,27,31H,2-4,9-13,16-18H2,1H3,(H,32,35). The fraction of sp³-hybridized carbons (Fsp3) is 0.519. The van der Waals surface area contributed by atoms with Gasteiger partial charge in [-0.3, -0.25) is 9.69 Å². The van der Waals surface area contributed by atoms with Crippen LogP contribution < -0.4 is 10.6 Å². The lowest BCUT2D eigenvalue weighted by molar-refractivity contribution is -0.126. The van der Waals surface area contributed by atoms with Crippen molar-refractivity contribution in [2.24, 2.45) is 0 Å². The summed E-state index contributed by atoms with van der Waals surface area (Å²) >= 11 is 18.5. The zero-order valence-electron chi connectivity index (χ0n) is 22.0. The van der Waals surface area contributed by atoms with Crippen molar-refractivity contribution in [2.75, 3.05) is 46.4 Å². The second-order valence-corrected chi connectivity index (χ2v) is 13.4. The predicted molar refractivity (Wildman–Crippen MR) is 155 cm³/mol. The molecule has 2 saturated heterocycles. The van der Waals surface area contributed by atoms with Crippen molar-refractivity contribution in [3.63, 3.8) is 0 Å². The molecule has 2 aromatic rings. The van der Waals surface area contributed by atoms with Crippen LogP contribution in [-0.2, 0) is 32.5 Å². The van der Waals surface area contributed by atoms with Gasteiger partial charge in [-0.15, -0.1) is 0 Å². The molecule has 2 aliphatic rings. The molecular weight excluding hydrogens is 583 g/mol. The fourth-order valence-corrected chi connectivity index (χ4v) is 8.15. The van der Waals surface area contributed by atoms with E-state index in [4.69, 9.17) is 39.5 Å². The Balaban J connectivity index is 1.35. The Hall–Kier alpha value is -1.43. The van der Waals surface area contributed by atoms with E-state index in [0.29, 0.717) is 19.5 Å². The summed E-state index contributed by atoms with van der Waals surface area (Å²) in [6.45, 7) is 5.70. The van der Waals surface area contributed by atoms with E-state index in [-0.39, 0.29) is 20.0 Å². The number of amides is 1. The molecule has 2 unspecified atom stereocenters. The maximum absolute atomic E-state index is 13.7. The molecule has 0 radical (unpaired) electrons. The molecule has 2 fully saturated rings. The second kappa shape index (κ2) is 14.0. The summed E-state index contributed by atoms with van der Waals surface area (Å²) < 4.78 is 33.1. The van der Waals surface area contributed by atoms with Crippen molar-refractivity contribution >= 4 is 50.5 Å². The van der Waals surface area contributed by atoms with Crippen LogP contribution in [0.2, 0.25) is 15.1 Å². The molecule has 4 rings (SSSR count). The number of piperazine rings is 1. The summed E-state index contributed by atoms with van der Waals surface area (Å²) in [6.07, 6.45) is 2.35. The number of halogens is 3. The highest BCUT2D eigenvalue weighted by molar-refractivity contribution is 7.92. The lowest BCUT2D eigenvalue weighted by atomic mass is 10.1. The average Bonchev–Trinajstić information content (AvgIpc) is 2.89. The Morgan fingerprint density at radius 1 is 1.05 bits per heavy atom. The molecule has 2 N–H and O–H groups in total. The number of carbonyl (C=O) groups is 1. The number of ether oxygens (including phenoxy) is 1. The molecule has 39 heavy (non-hydrogen) atoms. The first kappa shape index (κ1) is 30.5. The van der Waals surface area contributed by atoms with Gasteiger partial charge < -0.3 is 20.3 Å². The summed E-state index contributed by atoms with van der Waals surface area (Å²) in [5, 5.41) is 6.08. The minimum Gasteiger partial charge on any atom is -0.350 e. The minimum atomic E-state index is -4.16. The van der Waals surface area contributed by atoms with Crippen molar-refractivity contribution < 1.29 is 17.9 Å². The quantitative estimate of drug-likeness (QED) is 0.417. The normalized spacial score (nSPS) is 20.1. The first-order chi connectivity index (χ1) is 18.6. The predicted octanol–water partition coefficient (Wildman–Crippen LogP) is 3.97. The van der Waals surface area contributed by atoms with E-state index in [1.807, 2.05) is 12.1 Å². The van der Waals surface area contributed by atoms with E-state index in [1.165, 1.54) is 17.7 Å².